The monoisotopic (exact) mass is 207 g/mol. The average molecular weight is 208 g/mol. The minimum Gasteiger partial charge on any atom is -0.356 e. The van der Waals surface area contributed by atoms with Gasteiger partial charge in [-0.25, -0.2) is 4.98 Å². The largest absolute Gasteiger partial charge is 0.356 e. The predicted octanol–water partition coefficient (Wildman–Crippen LogP) is 2.51. The number of anilines is 1. The first kappa shape index (κ1) is 8.12. The molecule has 0 bridgehead atoms. The number of fused-ring (bicyclic) bond motifs is 3. The number of aromatic nitrogens is 2. The van der Waals surface area contributed by atoms with Crippen LogP contribution in [0.3, 0.4) is 0 Å². The molecule has 0 aliphatic carbocycles. The number of imidazole rings is 1. The van der Waals surface area contributed by atoms with Crippen molar-refractivity contribution in [1.82, 2.24) is 9.55 Å². The Bertz CT molecular complexity index is 489. The van der Waals surface area contributed by atoms with E-state index in [1.165, 1.54) is 0 Å². The number of nitrogens with one attached hydrogen (secondary N) is 1. The van der Waals surface area contributed by atoms with Crippen molar-refractivity contribution in [2.75, 3.05) is 11.9 Å². The number of halogens is 1. The van der Waals surface area contributed by atoms with Crippen molar-refractivity contribution >= 4 is 28.6 Å². The lowest BCUT2D eigenvalue weighted by molar-refractivity contribution is 0.642. The first-order valence-electron chi connectivity index (χ1n) is 4.74. The maximum atomic E-state index is 5.91. The van der Waals surface area contributed by atoms with E-state index in [-0.39, 0.29) is 0 Å². The van der Waals surface area contributed by atoms with E-state index in [4.69, 9.17) is 11.6 Å². The summed E-state index contributed by atoms with van der Waals surface area (Å²) in [6.45, 7) is 2.05. The van der Waals surface area contributed by atoms with Crippen molar-refractivity contribution in [1.29, 1.82) is 0 Å². The van der Waals surface area contributed by atoms with E-state index < -0.39 is 0 Å². The standard InChI is InChI=1S/C10H10ClN3/c11-7-2-3-9-8(6-7)13-10-12-4-1-5-14(9)10/h2-3,6H,1,4-5H2,(H,12,13). The van der Waals surface area contributed by atoms with Gasteiger partial charge >= 0.3 is 0 Å². The van der Waals surface area contributed by atoms with Crippen molar-refractivity contribution < 1.29 is 0 Å². The molecule has 0 unspecified atom stereocenters. The van der Waals surface area contributed by atoms with Crippen LogP contribution in [-0.4, -0.2) is 16.1 Å². The van der Waals surface area contributed by atoms with Crippen LogP contribution in [0.15, 0.2) is 18.2 Å². The second-order valence-electron chi connectivity index (χ2n) is 3.50. The van der Waals surface area contributed by atoms with Crippen LogP contribution >= 0.6 is 11.6 Å². The quantitative estimate of drug-likeness (QED) is 0.720. The van der Waals surface area contributed by atoms with Gasteiger partial charge in [-0.1, -0.05) is 11.6 Å². The first-order chi connectivity index (χ1) is 6.84. The molecule has 2 heterocycles. The van der Waals surface area contributed by atoms with Gasteiger partial charge in [-0.3, -0.25) is 0 Å². The Hall–Kier alpha value is -1.22. The Labute approximate surface area is 86.7 Å². The molecule has 14 heavy (non-hydrogen) atoms. The molecule has 72 valence electrons. The molecule has 0 amide bonds. The summed E-state index contributed by atoms with van der Waals surface area (Å²) in [5, 5.41) is 4.02. The molecule has 1 N–H and O–H groups in total. The Morgan fingerprint density at radius 3 is 3.29 bits per heavy atom. The molecule has 3 nitrogen and oxygen atoms in total. The highest BCUT2D eigenvalue weighted by Crippen LogP contribution is 2.24. The Balaban J connectivity index is 2.31. The summed E-state index contributed by atoms with van der Waals surface area (Å²) < 4.78 is 2.20. The lowest BCUT2D eigenvalue weighted by Gasteiger charge is -2.15. The lowest BCUT2D eigenvalue weighted by atomic mass is 10.3. The number of nitrogens with zero attached hydrogens (tertiary/aromatic N) is 2. The van der Waals surface area contributed by atoms with Crippen molar-refractivity contribution in [2.24, 2.45) is 0 Å². The van der Waals surface area contributed by atoms with Crippen molar-refractivity contribution in [3.63, 3.8) is 0 Å². The zero-order chi connectivity index (χ0) is 9.54. The Morgan fingerprint density at radius 2 is 2.36 bits per heavy atom. The smallest absolute Gasteiger partial charge is 0.203 e. The molecule has 1 aromatic heterocycles. The van der Waals surface area contributed by atoms with Gasteiger partial charge < -0.3 is 9.88 Å². The zero-order valence-corrected chi connectivity index (χ0v) is 8.38. The Kier molecular flexibility index (Phi) is 1.67. The fraction of sp³-hybridized carbons (Fsp3) is 0.300. The van der Waals surface area contributed by atoms with E-state index in [0.29, 0.717) is 0 Å². The summed E-state index contributed by atoms with van der Waals surface area (Å²) >= 11 is 5.91. The third-order valence-electron chi connectivity index (χ3n) is 2.55. The minimum absolute atomic E-state index is 0.743. The minimum atomic E-state index is 0.743. The number of hydrogen-bond donors (Lipinski definition) is 1. The van der Waals surface area contributed by atoms with E-state index in [0.717, 1.165) is 41.5 Å². The fourth-order valence-corrected chi connectivity index (χ4v) is 2.07. The molecule has 1 aliphatic rings. The first-order valence-corrected chi connectivity index (χ1v) is 5.12. The van der Waals surface area contributed by atoms with E-state index >= 15 is 0 Å². The van der Waals surface area contributed by atoms with Gasteiger partial charge in [-0.15, -0.1) is 0 Å². The van der Waals surface area contributed by atoms with Gasteiger partial charge in [0.2, 0.25) is 5.95 Å². The van der Waals surface area contributed by atoms with Crippen LogP contribution < -0.4 is 5.32 Å². The van der Waals surface area contributed by atoms with Gasteiger partial charge in [-0.2, -0.15) is 0 Å². The molecule has 3 rings (SSSR count). The van der Waals surface area contributed by atoms with Crippen LogP contribution in [0.25, 0.3) is 11.0 Å². The molecular weight excluding hydrogens is 198 g/mol. The van der Waals surface area contributed by atoms with E-state index in [1.807, 2.05) is 18.2 Å². The predicted molar refractivity (Wildman–Crippen MR) is 57.8 cm³/mol. The van der Waals surface area contributed by atoms with Crippen LogP contribution in [0.1, 0.15) is 6.42 Å². The SMILES string of the molecule is Clc1ccc2c(c1)nc1n2CCCN1. The van der Waals surface area contributed by atoms with Crippen molar-refractivity contribution in [3.05, 3.63) is 23.2 Å². The zero-order valence-electron chi connectivity index (χ0n) is 7.63. The van der Waals surface area contributed by atoms with Crippen LogP contribution in [0.5, 0.6) is 0 Å². The maximum Gasteiger partial charge on any atom is 0.203 e. The van der Waals surface area contributed by atoms with Gasteiger partial charge in [0, 0.05) is 18.1 Å². The number of benzene rings is 1. The molecule has 0 fully saturated rings. The molecule has 0 saturated heterocycles. The van der Waals surface area contributed by atoms with Gasteiger partial charge in [-0.05, 0) is 24.6 Å². The van der Waals surface area contributed by atoms with Crippen LogP contribution in [-0.2, 0) is 6.54 Å². The van der Waals surface area contributed by atoms with Gasteiger partial charge in [0.25, 0.3) is 0 Å². The number of hydrogen-bond acceptors (Lipinski definition) is 2. The van der Waals surface area contributed by atoms with Gasteiger partial charge in [0.1, 0.15) is 0 Å². The van der Waals surface area contributed by atoms with Crippen LogP contribution in [0.2, 0.25) is 5.02 Å². The Morgan fingerprint density at radius 1 is 1.43 bits per heavy atom. The third-order valence-corrected chi connectivity index (χ3v) is 2.79. The second-order valence-corrected chi connectivity index (χ2v) is 3.94. The lowest BCUT2D eigenvalue weighted by Crippen LogP contribution is -2.16. The highest BCUT2D eigenvalue weighted by Gasteiger charge is 2.13. The summed E-state index contributed by atoms with van der Waals surface area (Å²) in [6, 6.07) is 5.85. The molecule has 1 aliphatic heterocycles. The normalized spacial score (nSPS) is 15.2. The van der Waals surface area contributed by atoms with Gasteiger partial charge in [0.15, 0.2) is 0 Å². The van der Waals surface area contributed by atoms with Gasteiger partial charge in [0.05, 0.1) is 11.0 Å². The summed E-state index contributed by atoms with van der Waals surface area (Å²) in [4.78, 5) is 4.48. The summed E-state index contributed by atoms with van der Waals surface area (Å²) in [5.74, 6) is 0.966. The topological polar surface area (TPSA) is 29.9 Å². The molecule has 0 saturated carbocycles. The molecule has 4 heteroatoms. The third kappa shape index (κ3) is 1.09. The summed E-state index contributed by atoms with van der Waals surface area (Å²) in [7, 11) is 0. The van der Waals surface area contributed by atoms with Crippen LogP contribution in [0.4, 0.5) is 5.95 Å². The molecule has 2 aromatic rings. The van der Waals surface area contributed by atoms with E-state index in [2.05, 4.69) is 14.9 Å². The summed E-state index contributed by atoms with van der Waals surface area (Å²) in [6.07, 6.45) is 1.15. The molecular formula is C10H10ClN3. The van der Waals surface area contributed by atoms with E-state index in [1.54, 1.807) is 0 Å². The highest BCUT2D eigenvalue weighted by molar-refractivity contribution is 6.31. The fourth-order valence-electron chi connectivity index (χ4n) is 1.90. The number of rotatable bonds is 0. The van der Waals surface area contributed by atoms with Crippen molar-refractivity contribution in [3.8, 4) is 0 Å². The number of aryl methyl sites for hydroxylation is 1. The van der Waals surface area contributed by atoms with Crippen LogP contribution in [0, 0.1) is 0 Å². The second kappa shape index (κ2) is 2.89. The van der Waals surface area contributed by atoms with Crippen molar-refractivity contribution in [2.45, 2.75) is 13.0 Å². The summed E-state index contributed by atoms with van der Waals surface area (Å²) in [5.41, 5.74) is 2.14. The average Bonchev–Trinajstić information content (AvgIpc) is 2.54. The highest BCUT2D eigenvalue weighted by atomic mass is 35.5. The maximum absolute atomic E-state index is 5.91. The molecule has 0 radical (unpaired) electrons. The molecule has 0 spiro atoms. The molecule has 0 atom stereocenters. The van der Waals surface area contributed by atoms with E-state index in [9.17, 15) is 0 Å². The molecule has 1 aromatic carbocycles.